The molecule has 0 unspecified atom stereocenters. The fraction of sp³-hybridized carbons (Fsp3) is 0.471. The van der Waals surface area contributed by atoms with Crippen LogP contribution < -0.4 is 5.32 Å². The number of benzene rings is 1. The van der Waals surface area contributed by atoms with E-state index in [0.717, 1.165) is 5.56 Å². The van der Waals surface area contributed by atoms with Crippen molar-refractivity contribution in [3.05, 3.63) is 35.9 Å². The summed E-state index contributed by atoms with van der Waals surface area (Å²) in [4.78, 5) is 36.8. The van der Waals surface area contributed by atoms with Gasteiger partial charge in [-0.2, -0.15) is 0 Å². The van der Waals surface area contributed by atoms with Crippen molar-refractivity contribution in [1.29, 1.82) is 0 Å². The summed E-state index contributed by atoms with van der Waals surface area (Å²) in [6.07, 6.45) is -0.606. The molecule has 0 radical (unpaired) electrons. The molecule has 0 aromatic heterocycles. The van der Waals surface area contributed by atoms with E-state index < -0.39 is 24.0 Å². The third-order valence-electron chi connectivity index (χ3n) is 3.45. The number of hydrogen-bond acceptors (Lipinski definition) is 5. The van der Waals surface area contributed by atoms with Crippen molar-refractivity contribution in [1.82, 2.24) is 10.2 Å². The lowest BCUT2D eigenvalue weighted by atomic mass is 10.0. The average Bonchev–Trinajstić information content (AvgIpc) is 2.58. The van der Waals surface area contributed by atoms with E-state index in [1.54, 1.807) is 0 Å². The number of likely N-dealkylation sites (N-methyl/N-ethyl adjacent to an activating group) is 1. The van der Waals surface area contributed by atoms with Crippen molar-refractivity contribution in [2.45, 2.75) is 26.5 Å². The van der Waals surface area contributed by atoms with Gasteiger partial charge in [-0.3, -0.25) is 14.5 Å². The van der Waals surface area contributed by atoms with Gasteiger partial charge < -0.3 is 14.8 Å². The summed E-state index contributed by atoms with van der Waals surface area (Å²) >= 11 is 0. The van der Waals surface area contributed by atoms with Crippen molar-refractivity contribution in [3.63, 3.8) is 0 Å². The fourth-order valence-electron chi connectivity index (χ4n) is 2.20. The molecule has 24 heavy (non-hydrogen) atoms. The van der Waals surface area contributed by atoms with Crippen molar-refractivity contribution < 1.29 is 23.9 Å². The van der Waals surface area contributed by atoms with Crippen LogP contribution in [0.25, 0.3) is 0 Å². The standard InChI is InChI=1S/C17H24N2O5/c1-12(2)15(16(21)18-10-14(20)23-4)19(3)17(22)24-11-13-8-6-5-7-9-13/h5-9,12,15H,10-11H2,1-4H3,(H,18,21)/t15-/m0/s1. The maximum atomic E-state index is 12.3. The van der Waals surface area contributed by atoms with Crippen LogP contribution in [0.3, 0.4) is 0 Å². The van der Waals surface area contributed by atoms with Gasteiger partial charge in [0.05, 0.1) is 7.11 Å². The van der Waals surface area contributed by atoms with E-state index in [-0.39, 0.29) is 19.1 Å². The Morgan fingerprint density at radius 3 is 2.33 bits per heavy atom. The molecule has 132 valence electrons. The van der Waals surface area contributed by atoms with Crippen LogP contribution in [0.4, 0.5) is 4.79 Å². The molecule has 0 aliphatic heterocycles. The van der Waals surface area contributed by atoms with Crippen molar-refractivity contribution in [2.75, 3.05) is 20.7 Å². The summed E-state index contributed by atoms with van der Waals surface area (Å²) in [5.41, 5.74) is 0.857. The van der Waals surface area contributed by atoms with Gasteiger partial charge in [0.25, 0.3) is 0 Å². The van der Waals surface area contributed by atoms with Crippen LogP contribution in [0.15, 0.2) is 30.3 Å². The zero-order valence-electron chi connectivity index (χ0n) is 14.4. The molecule has 0 saturated heterocycles. The molecule has 7 heteroatoms. The molecule has 1 aromatic carbocycles. The van der Waals surface area contributed by atoms with Gasteiger partial charge in [0.1, 0.15) is 19.2 Å². The third-order valence-corrected chi connectivity index (χ3v) is 3.45. The second-order valence-corrected chi connectivity index (χ2v) is 5.63. The molecule has 1 atom stereocenters. The minimum atomic E-state index is -0.752. The van der Waals surface area contributed by atoms with Gasteiger partial charge in [0.2, 0.25) is 5.91 Å². The van der Waals surface area contributed by atoms with E-state index in [2.05, 4.69) is 10.1 Å². The zero-order valence-corrected chi connectivity index (χ0v) is 14.4. The van der Waals surface area contributed by atoms with Gasteiger partial charge in [-0.1, -0.05) is 44.2 Å². The number of nitrogens with zero attached hydrogens (tertiary/aromatic N) is 1. The number of amides is 2. The summed E-state index contributed by atoms with van der Waals surface area (Å²) in [6.45, 7) is 3.50. The van der Waals surface area contributed by atoms with Crippen molar-refractivity contribution in [2.24, 2.45) is 5.92 Å². The molecule has 2 amide bonds. The predicted molar refractivity (Wildman–Crippen MR) is 88.0 cm³/mol. The first-order chi connectivity index (χ1) is 11.4. The number of hydrogen-bond donors (Lipinski definition) is 1. The van der Waals surface area contributed by atoms with Gasteiger partial charge in [0, 0.05) is 7.05 Å². The Morgan fingerprint density at radius 2 is 1.79 bits per heavy atom. The molecule has 0 spiro atoms. The molecule has 1 N–H and O–H groups in total. The second-order valence-electron chi connectivity index (χ2n) is 5.63. The van der Waals surface area contributed by atoms with Gasteiger partial charge in [-0.25, -0.2) is 4.79 Å². The summed E-state index contributed by atoms with van der Waals surface area (Å²) in [7, 11) is 2.73. The smallest absolute Gasteiger partial charge is 0.410 e. The van der Waals surface area contributed by atoms with Crippen LogP contribution in [0.2, 0.25) is 0 Å². The molecular weight excluding hydrogens is 312 g/mol. The van der Waals surface area contributed by atoms with Crippen LogP contribution in [0.1, 0.15) is 19.4 Å². The van der Waals surface area contributed by atoms with E-state index in [9.17, 15) is 14.4 Å². The number of carbonyl (C=O) groups is 3. The monoisotopic (exact) mass is 336 g/mol. The number of ether oxygens (including phenoxy) is 2. The lowest BCUT2D eigenvalue weighted by molar-refractivity contribution is -0.141. The van der Waals surface area contributed by atoms with Crippen LogP contribution in [-0.2, 0) is 25.7 Å². The van der Waals surface area contributed by atoms with Crippen LogP contribution in [0.5, 0.6) is 0 Å². The largest absolute Gasteiger partial charge is 0.468 e. The minimum absolute atomic E-state index is 0.124. The number of methoxy groups -OCH3 is 1. The summed E-state index contributed by atoms with van der Waals surface area (Å²) in [5, 5.41) is 2.46. The number of rotatable bonds is 7. The van der Waals surface area contributed by atoms with E-state index >= 15 is 0 Å². The normalized spacial score (nSPS) is 11.5. The van der Waals surface area contributed by atoms with Gasteiger partial charge in [-0.15, -0.1) is 0 Å². The van der Waals surface area contributed by atoms with Crippen LogP contribution in [-0.4, -0.2) is 49.6 Å². The van der Waals surface area contributed by atoms with Crippen molar-refractivity contribution in [3.8, 4) is 0 Å². The maximum absolute atomic E-state index is 12.3. The minimum Gasteiger partial charge on any atom is -0.468 e. The summed E-state index contributed by atoms with van der Waals surface area (Å²) < 4.78 is 9.71. The lowest BCUT2D eigenvalue weighted by Crippen LogP contribution is -2.51. The Morgan fingerprint density at radius 1 is 1.17 bits per heavy atom. The van der Waals surface area contributed by atoms with Gasteiger partial charge >= 0.3 is 12.1 Å². The SMILES string of the molecule is COC(=O)CNC(=O)[C@H](C(C)C)N(C)C(=O)OCc1ccccc1. The number of esters is 1. The van der Waals surface area contributed by atoms with Crippen LogP contribution >= 0.6 is 0 Å². The number of carbonyl (C=O) groups excluding carboxylic acids is 3. The van der Waals surface area contributed by atoms with Crippen LogP contribution in [0, 0.1) is 5.92 Å². The summed E-state index contributed by atoms with van der Waals surface area (Å²) in [5.74, 6) is -1.15. The molecule has 0 aliphatic carbocycles. The predicted octanol–water partition coefficient (Wildman–Crippen LogP) is 1.57. The first-order valence-electron chi connectivity index (χ1n) is 7.64. The maximum Gasteiger partial charge on any atom is 0.410 e. The van der Waals surface area contributed by atoms with Gasteiger partial charge in [0.15, 0.2) is 0 Å². The Bertz CT molecular complexity index is 559. The highest BCUT2D eigenvalue weighted by molar-refractivity contribution is 5.88. The molecule has 1 rings (SSSR count). The molecule has 0 bridgehead atoms. The van der Waals surface area contributed by atoms with Gasteiger partial charge in [-0.05, 0) is 11.5 Å². The quantitative estimate of drug-likeness (QED) is 0.764. The van der Waals surface area contributed by atoms with E-state index in [4.69, 9.17) is 4.74 Å². The molecule has 7 nitrogen and oxygen atoms in total. The first kappa shape index (κ1) is 19.5. The molecule has 0 heterocycles. The summed E-state index contributed by atoms with van der Waals surface area (Å²) in [6, 6.07) is 8.51. The zero-order chi connectivity index (χ0) is 18.1. The topological polar surface area (TPSA) is 84.9 Å². The Balaban J connectivity index is 2.64. The number of nitrogens with one attached hydrogen (secondary N) is 1. The molecule has 0 fully saturated rings. The van der Waals surface area contributed by atoms with E-state index in [0.29, 0.717) is 0 Å². The second kappa shape index (κ2) is 9.54. The fourth-order valence-corrected chi connectivity index (χ4v) is 2.20. The van der Waals surface area contributed by atoms with E-state index in [1.807, 2.05) is 44.2 Å². The third kappa shape index (κ3) is 5.91. The molecule has 0 saturated carbocycles. The first-order valence-corrected chi connectivity index (χ1v) is 7.64. The highest BCUT2D eigenvalue weighted by atomic mass is 16.6. The highest BCUT2D eigenvalue weighted by Crippen LogP contribution is 2.12. The highest BCUT2D eigenvalue weighted by Gasteiger charge is 2.31. The molecule has 1 aromatic rings. The van der Waals surface area contributed by atoms with Crippen molar-refractivity contribution >= 4 is 18.0 Å². The lowest BCUT2D eigenvalue weighted by Gasteiger charge is -2.29. The average molecular weight is 336 g/mol. The molecular formula is C17H24N2O5. The Hall–Kier alpha value is -2.57. The Labute approximate surface area is 141 Å². The van der Waals surface area contributed by atoms with E-state index in [1.165, 1.54) is 19.1 Å². The molecule has 0 aliphatic rings. The Kier molecular flexibility index (Phi) is 7.74.